The third-order valence-corrected chi connectivity index (χ3v) is 3.24. The summed E-state index contributed by atoms with van der Waals surface area (Å²) in [6.07, 6.45) is -0.202. The second-order valence-electron chi connectivity index (χ2n) is 4.79. The molecule has 0 radical (unpaired) electrons. The van der Waals surface area contributed by atoms with Crippen molar-refractivity contribution in [2.45, 2.75) is 6.23 Å². The van der Waals surface area contributed by atoms with E-state index in [-0.39, 0.29) is 0 Å². The molecule has 0 aliphatic carbocycles. The molecule has 23 heavy (non-hydrogen) atoms. The molecular formula is C13H12N6O4. The first-order valence-corrected chi connectivity index (χ1v) is 6.60. The summed E-state index contributed by atoms with van der Waals surface area (Å²) < 4.78 is 0. The molecule has 2 atom stereocenters. The van der Waals surface area contributed by atoms with Crippen LogP contribution in [0.3, 0.4) is 0 Å². The number of benzene rings is 1. The van der Waals surface area contributed by atoms with Crippen LogP contribution in [0.15, 0.2) is 30.6 Å². The Morgan fingerprint density at radius 3 is 2.57 bits per heavy atom. The van der Waals surface area contributed by atoms with Crippen LogP contribution >= 0.6 is 0 Å². The highest BCUT2D eigenvalue weighted by molar-refractivity contribution is 6.12. The number of carbonyl (C=O) groups excluding carboxylic acids is 3. The molecule has 1 aromatic carbocycles. The number of rotatable bonds is 3. The SMILES string of the molecule is O=C1NC(=O)C(C(=O)Nc2ccc(-c3ncn[nH]3)cc2)C(O)N1. The number of aliphatic hydroxyl groups excluding tert-OH is 1. The van der Waals surface area contributed by atoms with Crippen molar-refractivity contribution in [2.75, 3.05) is 5.32 Å². The maximum absolute atomic E-state index is 12.1. The van der Waals surface area contributed by atoms with E-state index in [0.29, 0.717) is 11.5 Å². The van der Waals surface area contributed by atoms with E-state index in [1.54, 1.807) is 24.3 Å². The molecule has 3 rings (SSSR count). The first-order valence-electron chi connectivity index (χ1n) is 6.60. The van der Waals surface area contributed by atoms with Crippen molar-refractivity contribution >= 4 is 23.5 Å². The molecule has 2 aromatic rings. The van der Waals surface area contributed by atoms with Crippen molar-refractivity contribution in [3.05, 3.63) is 30.6 Å². The van der Waals surface area contributed by atoms with Crippen molar-refractivity contribution in [1.29, 1.82) is 0 Å². The van der Waals surface area contributed by atoms with Gasteiger partial charge >= 0.3 is 6.03 Å². The number of imide groups is 1. The van der Waals surface area contributed by atoms with Crippen LogP contribution in [0.5, 0.6) is 0 Å². The molecule has 1 aliphatic rings. The van der Waals surface area contributed by atoms with Gasteiger partial charge in [-0.15, -0.1) is 0 Å². The predicted octanol–water partition coefficient (Wildman–Crippen LogP) is -0.816. The summed E-state index contributed by atoms with van der Waals surface area (Å²) in [4.78, 5) is 38.7. The molecule has 10 heteroatoms. The van der Waals surface area contributed by atoms with Crippen molar-refractivity contribution in [1.82, 2.24) is 25.8 Å². The van der Waals surface area contributed by atoms with Gasteiger partial charge in [-0.2, -0.15) is 5.10 Å². The van der Waals surface area contributed by atoms with E-state index in [1.165, 1.54) is 6.33 Å². The van der Waals surface area contributed by atoms with Crippen molar-refractivity contribution in [3.8, 4) is 11.4 Å². The number of aromatic nitrogens is 3. The van der Waals surface area contributed by atoms with Gasteiger partial charge in [0.15, 0.2) is 11.7 Å². The first kappa shape index (κ1) is 14.7. The summed E-state index contributed by atoms with van der Waals surface area (Å²) in [5, 5.41) is 22.6. The Balaban J connectivity index is 1.70. The highest BCUT2D eigenvalue weighted by Gasteiger charge is 2.39. The lowest BCUT2D eigenvalue weighted by Crippen LogP contribution is -2.61. The van der Waals surface area contributed by atoms with Gasteiger partial charge in [0.2, 0.25) is 11.8 Å². The van der Waals surface area contributed by atoms with Gasteiger partial charge in [-0.3, -0.25) is 20.0 Å². The van der Waals surface area contributed by atoms with Crippen LogP contribution < -0.4 is 16.0 Å². The Morgan fingerprint density at radius 2 is 1.96 bits per heavy atom. The highest BCUT2D eigenvalue weighted by Crippen LogP contribution is 2.18. The average molecular weight is 316 g/mol. The quantitative estimate of drug-likeness (QED) is 0.467. The molecule has 1 aromatic heterocycles. The Hall–Kier alpha value is -3.27. The van der Waals surface area contributed by atoms with E-state index in [4.69, 9.17) is 0 Å². The van der Waals surface area contributed by atoms with E-state index in [2.05, 4.69) is 25.8 Å². The van der Waals surface area contributed by atoms with Crippen LogP contribution in [0.4, 0.5) is 10.5 Å². The largest absolute Gasteiger partial charge is 0.372 e. The van der Waals surface area contributed by atoms with E-state index < -0.39 is 30.0 Å². The number of nitrogens with one attached hydrogen (secondary N) is 4. The van der Waals surface area contributed by atoms with Gasteiger partial charge in [-0.1, -0.05) is 0 Å². The maximum atomic E-state index is 12.1. The van der Waals surface area contributed by atoms with Crippen LogP contribution in [-0.4, -0.2) is 44.4 Å². The van der Waals surface area contributed by atoms with Gasteiger partial charge in [0.05, 0.1) is 0 Å². The Labute approximate surface area is 129 Å². The Morgan fingerprint density at radius 1 is 1.22 bits per heavy atom. The van der Waals surface area contributed by atoms with Crippen molar-refractivity contribution in [3.63, 3.8) is 0 Å². The average Bonchev–Trinajstić information content (AvgIpc) is 3.01. The van der Waals surface area contributed by atoms with Crippen LogP contribution in [0.1, 0.15) is 0 Å². The summed E-state index contributed by atoms with van der Waals surface area (Å²) in [6.45, 7) is 0. The lowest BCUT2D eigenvalue weighted by atomic mass is 10.0. The van der Waals surface area contributed by atoms with Gasteiger partial charge in [-0.05, 0) is 24.3 Å². The normalized spacial score (nSPS) is 20.6. The molecule has 2 unspecified atom stereocenters. The number of aromatic amines is 1. The van der Waals surface area contributed by atoms with E-state index >= 15 is 0 Å². The molecule has 10 nitrogen and oxygen atoms in total. The fourth-order valence-corrected chi connectivity index (χ4v) is 2.13. The van der Waals surface area contributed by atoms with Gasteiger partial charge in [-0.25, -0.2) is 9.78 Å². The van der Waals surface area contributed by atoms with Crippen molar-refractivity contribution in [2.24, 2.45) is 5.92 Å². The number of anilines is 1. The van der Waals surface area contributed by atoms with Crippen LogP contribution in [-0.2, 0) is 9.59 Å². The minimum absolute atomic E-state index is 0.426. The zero-order valence-electron chi connectivity index (χ0n) is 11.6. The van der Waals surface area contributed by atoms with E-state index in [9.17, 15) is 19.5 Å². The van der Waals surface area contributed by atoms with Crippen LogP contribution in [0, 0.1) is 5.92 Å². The zero-order chi connectivity index (χ0) is 16.4. The second-order valence-corrected chi connectivity index (χ2v) is 4.79. The standard InChI is InChI=1S/C13H12N6O4/c20-10(8-11(21)17-13(23)18-12(8)22)16-7-3-1-6(2-4-7)9-14-5-15-19-9/h1-5,8,11,21H,(H,16,20)(H,14,15,19)(H2,17,18,22,23). The molecule has 4 amide bonds. The number of aliphatic hydroxyl groups is 1. The minimum Gasteiger partial charge on any atom is -0.372 e. The number of amides is 4. The monoisotopic (exact) mass is 316 g/mol. The number of hydrogen-bond acceptors (Lipinski definition) is 6. The lowest BCUT2D eigenvalue weighted by molar-refractivity contribution is -0.138. The number of nitrogens with zero attached hydrogens (tertiary/aromatic N) is 2. The van der Waals surface area contributed by atoms with Crippen LogP contribution in [0.25, 0.3) is 11.4 Å². The molecule has 118 valence electrons. The van der Waals surface area contributed by atoms with Gasteiger partial charge in [0.1, 0.15) is 12.6 Å². The molecule has 0 bridgehead atoms. The zero-order valence-corrected chi connectivity index (χ0v) is 11.6. The summed E-state index contributed by atoms with van der Waals surface area (Å²) >= 11 is 0. The molecule has 2 heterocycles. The number of carbonyl (C=O) groups is 3. The summed E-state index contributed by atoms with van der Waals surface area (Å²) in [5.41, 5.74) is 1.19. The number of H-pyrrole nitrogens is 1. The fourth-order valence-electron chi connectivity index (χ4n) is 2.13. The maximum Gasteiger partial charge on any atom is 0.323 e. The summed E-state index contributed by atoms with van der Waals surface area (Å²) in [5.74, 6) is -2.45. The third-order valence-electron chi connectivity index (χ3n) is 3.24. The smallest absolute Gasteiger partial charge is 0.323 e. The second kappa shape index (κ2) is 5.85. The molecule has 0 spiro atoms. The van der Waals surface area contributed by atoms with Crippen LogP contribution in [0.2, 0.25) is 0 Å². The molecule has 0 saturated carbocycles. The minimum atomic E-state index is -1.58. The summed E-state index contributed by atoms with van der Waals surface area (Å²) in [7, 11) is 0. The summed E-state index contributed by atoms with van der Waals surface area (Å²) in [6, 6.07) is 5.79. The molecule has 1 saturated heterocycles. The third kappa shape index (κ3) is 3.01. The molecule has 5 N–H and O–H groups in total. The van der Waals surface area contributed by atoms with E-state index in [1.807, 2.05) is 5.32 Å². The van der Waals surface area contributed by atoms with Crippen molar-refractivity contribution < 1.29 is 19.5 Å². The molecular weight excluding hydrogens is 304 g/mol. The predicted molar refractivity (Wildman–Crippen MR) is 76.6 cm³/mol. The molecule has 1 fully saturated rings. The fraction of sp³-hybridized carbons (Fsp3) is 0.154. The van der Waals surface area contributed by atoms with Gasteiger partial charge in [0.25, 0.3) is 0 Å². The number of urea groups is 1. The Kier molecular flexibility index (Phi) is 3.73. The topological polar surface area (TPSA) is 149 Å². The first-order chi connectivity index (χ1) is 11.0. The Bertz CT molecular complexity index is 742. The molecule has 1 aliphatic heterocycles. The lowest BCUT2D eigenvalue weighted by Gasteiger charge is -2.26. The van der Waals surface area contributed by atoms with Gasteiger partial charge in [0, 0.05) is 11.3 Å². The number of hydrogen-bond donors (Lipinski definition) is 5. The highest BCUT2D eigenvalue weighted by atomic mass is 16.3. The van der Waals surface area contributed by atoms with E-state index in [0.717, 1.165) is 5.56 Å². The van der Waals surface area contributed by atoms with Gasteiger partial charge < -0.3 is 15.7 Å².